The van der Waals surface area contributed by atoms with Crippen molar-refractivity contribution in [3.05, 3.63) is 35.1 Å². The first-order valence-corrected chi connectivity index (χ1v) is 7.41. The second-order valence-electron chi connectivity index (χ2n) is 5.10. The molecule has 19 heavy (non-hydrogen) atoms. The third-order valence-corrected chi connectivity index (χ3v) is 3.44. The van der Waals surface area contributed by atoms with Crippen LogP contribution in [0.1, 0.15) is 50.7 Å². The van der Waals surface area contributed by atoms with Gasteiger partial charge in [0.15, 0.2) is 0 Å². The minimum Gasteiger partial charge on any atom is -0.326 e. The molecular weight excluding hydrogens is 239 g/mol. The molecule has 0 aliphatic heterocycles. The van der Waals surface area contributed by atoms with Gasteiger partial charge in [0, 0.05) is 13.1 Å². The van der Waals surface area contributed by atoms with Crippen molar-refractivity contribution in [2.45, 2.75) is 52.6 Å². The molecule has 0 radical (unpaired) electrons. The fourth-order valence-corrected chi connectivity index (χ4v) is 2.22. The van der Waals surface area contributed by atoms with Crippen molar-refractivity contribution < 1.29 is 4.39 Å². The number of halogens is 1. The fourth-order valence-electron chi connectivity index (χ4n) is 2.22. The Kier molecular flexibility index (Phi) is 7.68. The van der Waals surface area contributed by atoms with Crippen LogP contribution in [0, 0.1) is 5.82 Å². The second kappa shape index (κ2) is 9.05. The van der Waals surface area contributed by atoms with Crippen LogP contribution >= 0.6 is 0 Å². The van der Waals surface area contributed by atoms with Gasteiger partial charge in [-0.25, -0.2) is 4.39 Å². The molecule has 0 aliphatic carbocycles. The smallest absolute Gasteiger partial charge is 0.123 e. The van der Waals surface area contributed by atoms with E-state index in [1.807, 2.05) is 6.07 Å². The van der Waals surface area contributed by atoms with Gasteiger partial charge in [0.2, 0.25) is 0 Å². The van der Waals surface area contributed by atoms with Crippen LogP contribution in [0.2, 0.25) is 0 Å². The predicted octanol–water partition coefficient (Wildman–Crippen LogP) is 3.69. The molecule has 3 heteroatoms. The third kappa shape index (κ3) is 5.70. The number of unbranched alkanes of at least 4 members (excludes halogenated alkanes) is 2. The summed E-state index contributed by atoms with van der Waals surface area (Å²) in [7, 11) is 0. The van der Waals surface area contributed by atoms with Gasteiger partial charge in [0.05, 0.1) is 0 Å². The summed E-state index contributed by atoms with van der Waals surface area (Å²) in [5.74, 6) is -0.168. The Labute approximate surface area is 116 Å². The summed E-state index contributed by atoms with van der Waals surface area (Å²) in [5.41, 5.74) is 7.83. The monoisotopic (exact) mass is 266 g/mol. The van der Waals surface area contributed by atoms with Gasteiger partial charge < -0.3 is 5.73 Å². The summed E-state index contributed by atoms with van der Waals surface area (Å²) < 4.78 is 13.4. The van der Waals surface area contributed by atoms with E-state index in [4.69, 9.17) is 5.73 Å². The highest BCUT2D eigenvalue weighted by atomic mass is 19.1. The van der Waals surface area contributed by atoms with Gasteiger partial charge in [0.25, 0.3) is 0 Å². The molecule has 0 heterocycles. The van der Waals surface area contributed by atoms with Crippen molar-refractivity contribution >= 4 is 0 Å². The molecule has 0 aliphatic rings. The van der Waals surface area contributed by atoms with Crippen molar-refractivity contribution in [1.82, 2.24) is 4.90 Å². The summed E-state index contributed by atoms with van der Waals surface area (Å²) in [5, 5.41) is 0. The minimum absolute atomic E-state index is 0.168. The first-order valence-electron chi connectivity index (χ1n) is 7.41. The predicted molar refractivity (Wildman–Crippen MR) is 79.4 cm³/mol. The van der Waals surface area contributed by atoms with E-state index in [1.54, 1.807) is 6.07 Å². The second-order valence-corrected chi connectivity index (χ2v) is 5.10. The molecule has 0 bridgehead atoms. The Bertz CT molecular complexity index is 358. The average Bonchev–Trinajstić information content (AvgIpc) is 2.42. The maximum atomic E-state index is 13.4. The summed E-state index contributed by atoms with van der Waals surface area (Å²) in [4.78, 5) is 2.42. The van der Waals surface area contributed by atoms with Crippen LogP contribution in [0.4, 0.5) is 4.39 Å². The number of benzene rings is 1. The number of rotatable bonds is 9. The molecule has 0 spiro atoms. The number of nitrogens with zero attached hydrogens (tertiary/aromatic N) is 1. The van der Waals surface area contributed by atoms with E-state index in [-0.39, 0.29) is 5.82 Å². The molecule has 2 N–H and O–H groups in total. The highest BCUT2D eigenvalue weighted by molar-refractivity contribution is 5.27. The molecule has 0 fully saturated rings. The van der Waals surface area contributed by atoms with E-state index in [2.05, 4.69) is 18.7 Å². The van der Waals surface area contributed by atoms with E-state index in [0.29, 0.717) is 6.54 Å². The van der Waals surface area contributed by atoms with Gasteiger partial charge in [-0.05, 0) is 49.2 Å². The molecule has 2 nitrogen and oxygen atoms in total. The van der Waals surface area contributed by atoms with Crippen molar-refractivity contribution in [3.63, 3.8) is 0 Å². The molecule has 0 saturated heterocycles. The van der Waals surface area contributed by atoms with E-state index in [1.165, 1.54) is 31.7 Å². The van der Waals surface area contributed by atoms with E-state index < -0.39 is 0 Å². The SMILES string of the molecule is CCCCN(CCCC)Cc1cc(F)ccc1CN. The molecule has 1 aromatic rings. The molecular formula is C16H27FN2. The van der Waals surface area contributed by atoms with Crippen LogP contribution in [0.15, 0.2) is 18.2 Å². The lowest BCUT2D eigenvalue weighted by Crippen LogP contribution is -2.26. The number of hydrogen-bond acceptors (Lipinski definition) is 2. The van der Waals surface area contributed by atoms with Crippen LogP contribution < -0.4 is 5.73 Å². The fraction of sp³-hybridized carbons (Fsp3) is 0.625. The zero-order valence-electron chi connectivity index (χ0n) is 12.3. The summed E-state index contributed by atoms with van der Waals surface area (Å²) in [6.45, 7) is 7.85. The third-order valence-electron chi connectivity index (χ3n) is 3.44. The van der Waals surface area contributed by atoms with Crippen LogP contribution in [0.25, 0.3) is 0 Å². The van der Waals surface area contributed by atoms with Crippen molar-refractivity contribution in [2.75, 3.05) is 13.1 Å². The molecule has 0 amide bonds. The topological polar surface area (TPSA) is 29.3 Å². The lowest BCUT2D eigenvalue weighted by atomic mass is 10.1. The van der Waals surface area contributed by atoms with Crippen LogP contribution in [0.5, 0.6) is 0 Å². The summed E-state index contributed by atoms with van der Waals surface area (Å²) in [6, 6.07) is 4.93. The van der Waals surface area contributed by atoms with Gasteiger partial charge >= 0.3 is 0 Å². The average molecular weight is 266 g/mol. The largest absolute Gasteiger partial charge is 0.326 e. The van der Waals surface area contributed by atoms with Gasteiger partial charge in [-0.2, -0.15) is 0 Å². The molecule has 0 aromatic heterocycles. The maximum Gasteiger partial charge on any atom is 0.123 e. The Hall–Kier alpha value is -0.930. The Morgan fingerprint density at radius 3 is 2.21 bits per heavy atom. The molecule has 0 atom stereocenters. The van der Waals surface area contributed by atoms with Crippen LogP contribution in [0.3, 0.4) is 0 Å². The Morgan fingerprint density at radius 2 is 1.68 bits per heavy atom. The van der Waals surface area contributed by atoms with E-state index >= 15 is 0 Å². The highest BCUT2D eigenvalue weighted by Gasteiger charge is 2.09. The summed E-state index contributed by atoms with van der Waals surface area (Å²) in [6.07, 6.45) is 4.76. The normalized spacial score (nSPS) is 11.2. The van der Waals surface area contributed by atoms with Gasteiger partial charge in [0.1, 0.15) is 5.82 Å². The van der Waals surface area contributed by atoms with Crippen molar-refractivity contribution in [2.24, 2.45) is 5.73 Å². The van der Waals surface area contributed by atoms with Crippen molar-refractivity contribution in [1.29, 1.82) is 0 Å². The van der Waals surface area contributed by atoms with E-state index in [0.717, 1.165) is 30.8 Å². The highest BCUT2D eigenvalue weighted by Crippen LogP contribution is 2.14. The van der Waals surface area contributed by atoms with Crippen molar-refractivity contribution in [3.8, 4) is 0 Å². The Balaban J connectivity index is 2.72. The van der Waals surface area contributed by atoms with Gasteiger partial charge in [-0.1, -0.05) is 32.8 Å². The zero-order chi connectivity index (χ0) is 14.1. The first-order chi connectivity index (χ1) is 9.21. The lowest BCUT2D eigenvalue weighted by Gasteiger charge is -2.23. The first kappa shape index (κ1) is 16.1. The lowest BCUT2D eigenvalue weighted by molar-refractivity contribution is 0.256. The van der Waals surface area contributed by atoms with E-state index in [9.17, 15) is 4.39 Å². The van der Waals surface area contributed by atoms with Gasteiger partial charge in [-0.15, -0.1) is 0 Å². The zero-order valence-corrected chi connectivity index (χ0v) is 12.3. The van der Waals surface area contributed by atoms with Crippen LogP contribution in [-0.4, -0.2) is 18.0 Å². The number of nitrogens with two attached hydrogens (primary N) is 1. The van der Waals surface area contributed by atoms with Crippen LogP contribution in [-0.2, 0) is 13.1 Å². The number of hydrogen-bond donors (Lipinski definition) is 1. The molecule has 0 unspecified atom stereocenters. The molecule has 1 rings (SSSR count). The maximum absolute atomic E-state index is 13.4. The standard InChI is InChI=1S/C16H27FN2/c1-3-5-9-19(10-6-4-2)13-15-11-16(17)8-7-14(15)12-18/h7-8,11H,3-6,9-10,12-13,18H2,1-2H3. The minimum atomic E-state index is -0.168. The molecule has 1 aromatic carbocycles. The van der Waals surface area contributed by atoms with Gasteiger partial charge in [-0.3, -0.25) is 4.90 Å². The quantitative estimate of drug-likeness (QED) is 0.738. The Morgan fingerprint density at radius 1 is 1.05 bits per heavy atom. The molecule has 108 valence electrons. The summed E-state index contributed by atoms with van der Waals surface area (Å²) >= 11 is 0. The molecule has 0 saturated carbocycles.